The molecule has 2 aromatic heterocycles. The van der Waals surface area contributed by atoms with Gasteiger partial charge in [-0.1, -0.05) is 41.1 Å². The van der Waals surface area contributed by atoms with Crippen LogP contribution in [0, 0.1) is 11.6 Å². The Morgan fingerprint density at radius 3 is 2.55 bits per heavy atom. The number of amides is 1. The minimum Gasteiger partial charge on any atom is -0.491 e. The zero-order chi connectivity index (χ0) is 34.2. The third-order valence-corrected chi connectivity index (χ3v) is 9.06. The summed E-state index contributed by atoms with van der Waals surface area (Å²) < 4.78 is 39.6. The Morgan fingerprint density at radius 1 is 0.980 bits per heavy atom. The molecule has 3 N–H and O–H groups in total. The van der Waals surface area contributed by atoms with Crippen molar-refractivity contribution in [2.24, 2.45) is 0 Å². The monoisotopic (exact) mass is 705 g/mol. The lowest BCUT2D eigenvalue weighted by Gasteiger charge is -2.16. The summed E-state index contributed by atoms with van der Waals surface area (Å²) in [5.74, 6) is -1.84. The van der Waals surface area contributed by atoms with Crippen LogP contribution in [0.5, 0.6) is 5.75 Å². The lowest BCUT2D eigenvalue weighted by atomic mass is 10.1. The molecule has 254 valence electrons. The molecule has 6 rings (SSSR count). The van der Waals surface area contributed by atoms with E-state index in [0.717, 1.165) is 36.6 Å². The molecule has 0 saturated carbocycles. The number of likely N-dealkylation sites (tertiary alicyclic amines) is 1. The Balaban J connectivity index is 1.22. The summed E-state index contributed by atoms with van der Waals surface area (Å²) >= 11 is 7.94. The molecular weight excluding hydrogens is 672 g/mol. The molecule has 1 aliphatic heterocycles. The second kappa shape index (κ2) is 16.1. The first kappa shape index (κ1) is 34.2. The van der Waals surface area contributed by atoms with Gasteiger partial charge in [-0.2, -0.15) is 0 Å². The molecule has 0 spiro atoms. The average Bonchev–Trinajstić information content (AvgIpc) is 3.77. The number of anilines is 4. The van der Waals surface area contributed by atoms with Crippen molar-refractivity contribution < 1.29 is 23.0 Å². The van der Waals surface area contributed by atoms with Crippen LogP contribution < -0.4 is 20.7 Å². The van der Waals surface area contributed by atoms with E-state index in [-0.39, 0.29) is 0 Å². The second-order valence-corrected chi connectivity index (χ2v) is 12.6. The maximum absolute atomic E-state index is 14.3. The van der Waals surface area contributed by atoms with Crippen LogP contribution in [0.4, 0.5) is 31.2 Å². The number of aromatic nitrogens is 3. The molecule has 0 bridgehead atoms. The molecule has 14 heteroatoms. The predicted molar refractivity (Wildman–Crippen MR) is 189 cm³/mol. The number of thiazole rings is 1. The molecule has 0 radical (unpaired) electrons. The number of ether oxygens (including phenoxy) is 2. The minimum absolute atomic E-state index is 0.336. The van der Waals surface area contributed by atoms with E-state index in [4.69, 9.17) is 31.0 Å². The van der Waals surface area contributed by atoms with Crippen LogP contribution in [0.3, 0.4) is 0 Å². The van der Waals surface area contributed by atoms with Crippen molar-refractivity contribution in [3.8, 4) is 27.6 Å². The number of hydrogen-bond donors (Lipinski definition) is 3. The Kier molecular flexibility index (Phi) is 11.3. The molecular formula is C35H34ClF2N7O3S. The quantitative estimate of drug-likeness (QED) is 0.1000. The van der Waals surface area contributed by atoms with Gasteiger partial charge in [-0.15, -0.1) is 0 Å². The first-order valence-corrected chi connectivity index (χ1v) is 16.9. The maximum Gasteiger partial charge on any atom is 0.261 e. The van der Waals surface area contributed by atoms with Gasteiger partial charge in [0.1, 0.15) is 29.6 Å². The van der Waals surface area contributed by atoms with Gasteiger partial charge in [-0.3, -0.25) is 9.69 Å². The van der Waals surface area contributed by atoms with Crippen molar-refractivity contribution in [2.45, 2.75) is 12.8 Å². The smallest absolute Gasteiger partial charge is 0.261 e. The summed E-state index contributed by atoms with van der Waals surface area (Å²) in [6, 6.07) is 17.4. The van der Waals surface area contributed by atoms with Crippen LogP contribution in [0.2, 0.25) is 5.02 Å². The van der Waals surface area contributed by atoms with E-state index in [2.05, 4.69) is 25.8 Å². The van der Waals surface area contributed by atoms with Crippen LogP contribution in [0.25, 0.3) is 21.8 Å². The van der Waals surface area contributed by atoms with Gasteiger partial charge in [0.2, 0.25) is 5.95 Å². The summed E-state index contributed by atoms with van der Waals surface area (Å²) in [7, 11) is 1.62. The van der Waals surface area contributed by atoms with E-state index in [1.807, 2.05) is 18.2 Å². The van der Waals surface area contributed by atoms with E-state index >= 15 is 0 Å². The predicted octanol–water partition coefficient (Wildman–Crippen LogP) is 7.73. The summed E-state index contributed by atoms with van der Waals surface area (Å²) in [6.07, 6.45) is 4.11. The largest absolute Gasteiger partial charge is 0.491 e. The second-order valence-electron chi connectivity index (χ2n) is 11.2. The van der Waals surface area contributed by atoms with Gasteiger partial charge in [0.05, 0.1) is 27.9 Å². The number of halogens is 3. The number of methoxy groups -OCH3 is 1. The Hall–Kier alpha value is -4.69. The highest BCUT2D eigenvalue weighted by atomic mass is 35.5. The van der Waals surface area contributed by atoms with Crippen molar-refractivity contribution in [1.29, 1.82) is 0 Å². The van der Waals surface area contributed by atoms with Gasteiger partial charge in [-0.05, 0) is 74.5 Å². The van der Waals surface area contributed by atoms with Gasteiger partial charge in [-0.25, -0.2) is 23.7 Å². The topological polar surface area (TPSA) is 114 Å². The fraction of sp³-hybridized carbons (Fsp3) is 0.257. The molecule has 1 amide bonds. The minimum atomic E-state index is -0.949. The standard InChI is InChI=1S/C35H34ClF2N7O3S/c1-47-18-14-40-35-44-31(22-6-4-7-23(20-22)41-33(46)30-26(37)8-5-9-27(30)38)32(49-35)28-12-13-39-34(43-28)42-24-10-11-29(25(36)21-24)48-19-17-45-15-2-3-16-45/h4-13,20-21H,2-3,14-19H2,1H3,(H,40,44)(H,41,46)(H,39,42,43). The molecule has 10 nitrogen and oxygen atoms in total. The molecule has 5 aromatic rings. The molecule has 1 saturated heterocycles. The molecule has 0 atom stereocenters. The Bertz CT molecular complexity index is 1900. The van der Waals surface area contributed by atoms with Crippen LogP contribution in [0.1, 0.15) is 23.2 Å². The third-order valence-electron chi connectivity index (χ3n) is 7.73. The fourth-order valence-corrected chi connectivity index (χ4v) is 6.56. The van der Waals surface area contributed by atoms with E-state index in [1.54, 1.807) is 43.6 Å². The number of nitrogens with zero attached hydrogens (tertiary/aromatic N) is 4. The molecule has 0 unspecified atom stereocenters. The number of benzene rings is 3. The van der Waals surface area contributed by atoms with Crippen LogP contribution >= 0.6 is 22.9 Å². The number of carbonyl (C=O) groups excluding carboxylic acids is 1. The normalized spacial score (nSPS) is 13.0. The molecule has 1 fully saturated rings. The SMILES string of the molecule is COCCNc1nc(-c2cccc(NC(=O)c3c(F)cccc3F)c2)c(-c2ccnc(Nc3ccc(OCCN4CCCC4)c(Cl)c3)n2)s1. The van der Waals surface area contributed by atoms with Gasteiger partial charge in [0.15, 0.2) is 5.13 Å². The van der Waals surface area contributed by atoms with Crippen molar-refractivity contribution in [2.75, 3.05) is 62.5 Å². The van der Waals surface area contributed by atoms with Gasteiger partial charge in [0.25, 0.3) is 5.91 Å². The van der Waals surface area contributed by atoms with Crippen molar-refractivity contribution in [1.82, 2.24) is 19.9 Å². The lowest BCUT2D eigenvalue weighted by molar-refractivity contribution is 0.101. The van der Waals surface area contributed by atoms with Gasteiger partial charge < -0.3 is 25.4 Å². The molecule has 1 aliphatic rings. The summed E-state index contributed by atoms with van der Waals surface area (Å²) in [5.41, 5.74) is 2.20. The fourth-order valence-electron chi connectivity index (χ4n) is 5.34. The Labute approximate surface area is 291 Å². The number of carbonyl (C=O) groups is 1. The highest BCUT2D eigenvalue weighted by Gasteiger charge is 2.20. The Morgan fingerprint density at radius 2 is 1.78 bits per heavy atom. The van der Waals surface area contributed by atoms with Crippen molar-refractivity contribution >= 4 is 51.3 Å². The summed E-state index contributed by atoms with van der Waals surface area (Å²) in [4.78, 5) is 29.9. The van der Waals surface area contributed by atoms with Crippen LogP contribution in [-0.2, 0) is 4.74 Å². The van der Waals surface area contributed by atoms with E-state index in [1.165, 1.54) is 30.2 Å². The third kappa shape index (κ3) is 8.67. The number of nitrogens with one attached hydrogen (secondary N) is 3. The zero-order valence-corrected chi connectivity index (χ0v) is 28.2. The highest BCUT2D eigenvalue weighted by molar-refractivity contribution is 7.19. The summed E-state index contributed by atoms with van der Waals surface area (Å²) in [5, 5.41) is 10.2. The number of hydrogen-bond acceptors (Lipinski definition) is 10. The van der Waals surface area contributed by atoms with Gasteiger partial charge in [0, 0.05) is 43.3 Å². The molecule has 49 heavy (non-hydrogen) atoms. The first-order valence-electron chi connectivity index (χ1n) is 15.7. The van der Waals surface area contributed by atoms with E-state index in [0.29, 0.717) is 69.9 Å². The average molecular weight is 706 g/mol. The molecule has 3 heterocycles. The van der Waals surface area contributed by atoms with E-state index < -0.39 is 23.1 Å². The summed E-state index contributed by atoms with van der Waals surface area (Å²) in [6.45, 7) is 4.66. The van der Waals surface area contributed by atoms with Crippen molar-refractivity contribution in [3.05, 3.63) is 95.1 Å². The molecule has 0 aliphatic carbocycles. The van der Waals surface area contributed by atoms with Crippen LogP contribution in [0.15, 0.2) is 72.9 Å². The maximum atomic E-state index is 14.3. The lowest BCUT2D eigenvalue weighted by Crippen LogP contribution is -2.25. The highest BCUT2D eigenvalue weighted by Crippen LogP contribution is 2.39. The zero-order valence-electron chi connectivity index (χ0n) is 26.6. The van der Waals surface area contributed by atoms with E-state index in [9.17, 15) is 13.6 Å². The van der Waals surface area contributed by atoms with Crippen LogP contribution in [-0.4, -0.2) is 72.3 Å². The number of rotatable bonds is 14. The van der Waals surface area contributed by atoms with Crippen molar-refractivity contribution in [3.63, 3.8) is 0 Å². The first-order chi connectivity index (χ1) is 23.9. The van der Waals surface area contributed by atoms with Gasteiger partial charge >= 0.3 is 0 Å². The molecule has 3 aromatic carbocycles.